The largest absolute Gasteiger partial charge is 0.445 e. The van der Waals surface area contributed by atoms with E-state index < -0.39 is 6.09 Å². The van der Waals surface area contributed by atoms with Crippen LogP contribution in [0.5, 0.6) is 0 Å². The van der Waals surface area contributed by atoms with Crippen molar-refractivity contribution >= 4 is 12.2 Å². The van der Waals surface area contributed by atoms with Crippen molar-refractivity contribution in [2.45, 2.75) is 20.0 Å². The third-order valence-corrected chi connectivity index (χ3v) is 3.15. The Morgan fingerprint density at radius 2 is 2.09 bits per heavy atom. The Labute approximate surface area is 130 Å². The van der Waals surface area contributed by atoms with E-state index in [1.165, 1.54) is 0 Å². The predicted molar refractivity (Wildman–Crippen MR) is 87.3 cm³/mol. The normalized spacial score (nSPS) is 10.6. The van der Waals surface area contributed by atoms with E-state index >= 15 is 0 Å². The number of hydrogen-bond donors (Lipinski definition) is 1. The maximum Gasteiger partial charge on any atom is 0.407 e. The van der Waals surface area contributed by atoms with Crippen molar-refractivity contribution in [1.29, 1.82) is 0 Å². The van der Waals surface area contributed by atoms with Crippen molar-refractivity contribution in [1.82, 2.24) is 10.3 Å². The molecule has 1 amide bonds. The number of amides is 1. The first kappa shape index (κ1) is 15.8. The zero-order valence-corrected chi connectivity index (χ0v) is 12.7. The lowest BCUT2D eigenvalue weighted by atomic mass is 10.1. The predicted octanol–water partition coefficient (Wildman–Crippen LogP) is 3.72. The van der Waals surface area contributed by atoms with Crippen LogP contribution in [0.15, 0.2) is 54.9 Å². The summed E-state index contributed by atoms with van der Waals surface area (Å²) < 4.78 is 5.13. The van der Waals surface area contributed by atoms with Crippen molar-refractivity contribution in [3.05, 3.63) is 71.6 Å². The highest BCUT2D eigenvalue weighted by Crippen LogP contribution is 2.07. The summed E-state index contributed by atoms with van der Waals surface area (Å²) in [5.41, 5.74) is 3.25. The fourth-order valence-corrected chi connectivity index (χ4v) is 1.91. The molecule has 22 heavy (non-hydrogen) atoms. The number of hydrogen-bond acceptors (Lipinski definition) is 3. The van der Waals surface area contributed by atoms with Crippen LogP contribution in [0.3, 0.4) is 0 Å². The molecular weight excluding hydrogens is 276 g/mol. The molecule has 0 spiro atoms. The molecule has 0 bridgehead atoms. The Bertz CT molecular complexity index is 624. The highest BCUT2D eigenvalue weighted by atomic mass is 16.5. The van der Waals surface area contributed by atoms with Gasteiger partial charge in [-0.15, -0.1) is 0 Å². The van der Waals surface area contributed by atoms with Crippen LogP contribution in [0.25, 0.3) is 6.08 Å². The number of pyridine rings is 1. The number of ether oxygens (including phenoxy) is 1. The molecule has 0 aliphatic rings. The summed E-state index contributed by atoms with van der Waals surface area (Å²) in [7, 11) is 0. The summed E-state index contributed by atoms with van der Waals surface area (Å²) in [6, 6.07) is 11.6. The average Bonchev–Trinajstić information content (AvgIpc) is 2.55. The molecule has 1 aromatic carbocycles. The minimum Gasteiger partial charge on any atom is -0.445 e. The van der Waals surface area contributed by atoms with Crippen molar-refractivity contribution in [3.8, 4) is 0 Å². The molecule has 0 aliphatic heterocycles. The molecule has 1 aromatic heterocycles. The third kappa shape index (κ3) is 5.40. The summed E-state index contributed by atoms with van der Waals surface area (Å²) in [6.45, 7) is 2.86. The molecule has 2 rings (SSSR count). The highest BCUT2D eigenvalue weighted by Gasteiger charge is 2.00. The zero-order valence-electron chi connectivity index (χ0n) is 12.7. The molecule has 4 nitrogen and oxygen atoms in total. The van der Waals surface area contributed by atoms with Gasteiger partial charge in [0.1, 0.15) is 6.61 Å². The van der Waals surface area contributed by atoms with E-state index in [-0.39, 0.29) is 0 Å². The molecule has 0 aliphatic carbocycles. The molecule has 0 atom stereocenters. The van der Waals surface area contributed by atoms with E-state index in [0.29, 0.717) is 13.2 Å². The SMILES string of the molecule is Cc1cnccc1C=CCCNC(=O)OCc1ccccc1. The van der Waals surface area contributed by atoms with Crippen molar-refractivity contribution in [2.24, 2.45) is 0 Å². The molecule has 1 heterocycles. The molecular formula is C18H20N2O2. The topological polar surface area (TPSA) is 51.2 Å². The van der Waals surface area contributed by atoms with Gasteiger partial charge in [-0.3, -0.25) is 4.98 Å². The molecule has 1 N–H and O–H groups in total. The minimum atomic E-state index is -0.391. The maximum absolute atomic E-state index is 11.5. The quantitative estimate of drug-likeness (QED) is 0.827. The van der Waals surface area contributed by atoms with E-state index in [9.17, 15) is 4.79 Å². The van der Waals surface area contributed by atoms with Gasteiger partial charge < -0.3 is 10.1 Å². The van der Waals surface area contributed by atoms with Crippen LogP contribution in [0.4, 0.5) is 4.79 Å². The second-order valence-corrected chi connectivity index (χ2v) is 4.91. The van der Waals surface area contributed by atoms with Gasteiger partial charge in [-0.2, -0.15) is 0 Å². The smallest absolute Gasteiger partial charge is 0.407 e. The molecule has 2 aromatic rings. The number of carbonyl (C=O) groups is 1. The third-order valence-electron chi connectivity index (χ3n) is 3.15. The summed E-state index contributed by atoms with van der Waals surface area (Å²) in [6.07, 6.45) is 8.03. The van der Waals surface area contributed by atoms with Gasteiger partial charge >= 0.3 is 6.09 Å². The number of nitrogens with one attached hydrogen (secondary N) is 1. The van der Waals surface area contributed by atoms with Crippen LogP contribution >= 0.6 is 0 Å². The van der Waals surface area contributed by atoms with Crippen LogP contribution in [-0.2, 0) is 11.3 Å². The number of alkyl carbamates (subject to hydrolysis) is 1. The zero-order chi connectivity index (χ0) is 15.6. The molecule has 0 saturated carbocycles. The Morgan fingerprint density at radius 3 is 2.86 bits per heavy atom. The van der Waals surface area contributed by atoms with Crippen LogP contribution in [0.1, 0.15) is 23.1 Å². The van der Waals surface area contributed by atoms with Crippen LogP contribution in [0.2, 0.25) is 0 Å². The second-order valence-electron chi connectivity index (χ2n) is 4.91. The monoisotopic (exact) mass is 296 g/mol. The molecule has 0 saturated heterocycles. The van der Waals surface area contributed by atoms with E-state index in [2.05, 4.69) is 10.3 Å². The van der Waals surface area contributed by atoms with E-state index in [0.717, 1.165) is 23.1 Å². The van der Waals surface area contributed by atoms with Crippen molar-refractivity contribution in [2.75, 3.05) is 6.54 Å². The van der Waals surface area contributed by atoms with Crippen LogP contribution < -0.4 is 5.32 Å². The number of aryl methyl sites for hydroxylation is 1. The minimum absolute atomic E-state index is 0.290. The summed E-state index contributed by atoms with van der Waals surface area (Å²) in [4.78, 5) is 15.6. The van der Waals surface area contributed by atoms with Gasteiger partial charge in [0, 0.05) is 18.9 Å². The average molecular weight is 296 g/mol. The first-order valence-corrected chi connectivity index (χ1v) is 7.27. The van der Waals surface area contributed by atoms with Gasteiger partial charge in [0.15, 0.2) is 0 Å². The summed E-state index contributed by atoms with van der Waals surface area (Å²) in [5, 5.41) is 2.73. The van der Waals surface area contributed by atoms with Gasteiger partial charge in [-0.25, -0.2) is 4.79 Å². The van der Waals surface area contributed by atoms with Crippen molar-refractivity contribution < 1.29 is 9.53 Å². The lowest BCUT2D eigenvalue weighted by Crippen LogP contribution is -2.24. The number of rotatable bonds is 6. The Kier molecular flexibility index (Phi) is 6.18. The van der Waals surface area contributed by atoms with Gasteiger partial charge in [0.2, 0.25) is 0 Å². The molecule has 0 radical (unpaired) electrons. The lowest BCUT2D eigenvalue weighted by Gasteiger charge is -2.06. The first-order chi connectivity index (χ1) is 10.8. The van der Waals surface area contributed by atoms with Gasteiger partial charge in [0.25, 0.3) is 0 Å². The number of carbonyl (C=O) groups excluding carboxylic acids is 1. The van der Waals surface area contributed by atoms with E-state index in [4.69, 9.17) is 4.74 Å². The molecule has 114 valence electrons. The lowest BCUT2D eigenvalue weighted by molar-refractivity contribution is 0.140. The summed E-state index contributed by atoms with van der Waals surface area (Å²) >= 11 is 0. The Hall–Kier alpha value is -2.62. The molecule has 0 fully saturated rings. The first-order valence-electron chi connectivity index (χ1n) is 7.27. The fraction of sp³-hybridized carbons (Fsp3) is 0.222. The van der Waals surface area contributed by atoms with Gasteiger partial charge in [-0.1, -0.05) is 42.5 Å². The Balaban J connectivity index is 1.64. The number of benzene rings is 1. The molecule has 0 unspecified atom stereocenters. The fourth-order valence-electron chi connectivity index (χ4n) is 1.91. The van der Waals surface area contributed by atoms with Gasteiger partial charge in [-0.05, 0) is 36.1 Å². The molecule has 4 heteroatoms. The maximum atomic E-state index is 11.5. The van der Waals surface area contributed by atoms with E-state index in [1.807, 2.05) is 61.7 Å². The highest BCUT2D eigenvalue weighted by molar-refractivity contribution is 5.67. The summed E-state index contributed by atoms with van der Waals surface area (Å²) in [5.74, 6) is 0. The van der Waals surface area contributed by atoms with E-state index in [1.54, 1.807) is 6.20 Å². The second kappa shape index (κ2) is 8.62. The standard InChI is InChI=1S/C18H20N2O2/c1-15-13-19-12-10-17(15)9-5-6-11-20-18(21)22-14-16-7-3-2-4-8-16/h2-5,7-10,12-13H,6,11,14H2,1H3,(H,20,21). The number of nitrogens with zero attached hydrogens (tertiary/aromatic N) is 1. The number of aromatic nitrogens is 1. The Morgan fingerprint density at radius 1 is 1.27 bits per heavy atom. The van der Waals surface area contributed by atoms with Gasteiger partial charge in [0.05, 0.1) is 0 Å². The van der Waals surface area contributed by atoms with Crippen LogP contribution in [0, 0.1) is 6.92 Å². The van der Waals surface area contributed by atoms with Crippen LogP contribution in [-0.4, -0.2) is 17.6 Å². The van der Waals surface area contributed by atoms with Crippen molar-refractivity contribution in [3.63, 3.8) is 0 Å².